The van der Waals surface area contributed by atoms with Gasteiger partial charge in [0.25, 0.3) is 17.7 Å². The summed E-state index contributed by atoms with van der Waals surface area (Å²) in [5.74, 6) is -3.44. The molecule has 1 saturated heterocycles. The molecule has 32 heavy (non-hydrogen) atoms. The highest BCUT2D eigenvalue weighted by atomic mass is 19.1. The minimum Gasteiger partial charge on any atom is -0.379 e. The summed E-state index contributed by atoms with van der Waals surface area (Å²) in [6.45, 7) is 2.61. The molecular formula is C23H28FN3O5. The van der Waals surface area contributed by atoms with Crippen LogP contribution in [0.2, 0.25) is 0 Å². The Morgan fingerprint density at radius 2 is 1.66 bits per heavy atom. The maximum atomic E-state index is 14.2. The highest BCUT2D eigenvalue weighted by Crippen LogP contribution is 2.18. The summed E-state index contributed by atoms with van der Waals surface area (Å²) in [6, 6.07) is 13.4. The van der Waals surface area contributed by atoms with Gasteiger partial charge in [0.1, 0.15) is 11.9 Å². The average molecular weight is 445 g/mol. The second kappa shape index (κ2) is 11.1. The topological polar surface area (TPSA) is 89.1 Å². The van der Waals surface area contributed by atoms with Gasteiger partial charge >= 0.3 is 0 Å². The van der Waals surface area contributed by atoms with Gasteiger partial charge in [0.15, 0.2) is 0 Å². The zero-order valence-electron chi connectivity index (χ0n) is 18.2. The molecule has 1 aliphatic rings. The van der Waals surface area contributed by atoms with Crippen LogP contribution in [-0.4, -0.2) is 75.7 Å². The lowest BCUT2D eigenvalue weighted by atomic mass is 10.1. The van der Waals surface area contributed by atoms with E-state index in [9.17, 15) is 14.0 Å². The van der Waals surface area contributed by atoms with E-state index in [1.807, 2.05) is 0 Å². The smallest absolute Gasteiger partial charge is 0.273 e. The first-order chi connectivity index (χ1) is 15.5. The Balaban J connectivity index is 1.89. The van der Waals surface area contributed by atoms with Crippen LogP contribution in [0.4, 0.5) is 4.39 Å². The molecule has 1 aliphatic heterocycles. The number of halogens is 1. The molecule has 172 valence electrons. The molecule has 0 saturated carbocycles. The molecule has 0 spiro atoms. The van der Waals surface area contributed by atoms with Gasteiger partial charge in [-0.1, -0.05) is 30.3 Å². The second-order valence-corrected chi connectivity index (χ2v) is 7.31. The first-order valence-electron chi connectivity index (χ1n) is 10.3. The number of nitrogens with zero attached hydrogens (tertiary/aromatic N) is 1. The summed E-state index contributed by atoms with van der Waals surface area (Å²) in [6.07, 6.45) is 0. The van der Waals surface area contributed by atoms with E-state index in [1.54, 1.807) is 36.4 Å². The van der Waals surface area contributed by atoms with Crippen LogP contribution in [0.15, 0.2) is 54.6 Å². The SMILES string of the molecule is COC(NC(=O)c1ccccc1)(OC)C(CN1CCOCC1)NC(=O)c1ccccc1F. The quantitative estimate of drug-likeness (QED) is 0.571. The van der Waals surface area contributed by atoms with Gasteiger partial charge in [-0.2, -0.15) is 0 Å². The van der Waals surface area contributed by atoms with Gasteiger partial charge in [0, 0.05) is 39.4 Å². The zero-order chi connectivity index (χ0) is 23.0. The minimum absolute atomic E-state index is 0.116. The van der Waals surface area contributed by atoms with E-state index in [0.717, 1.165) is 0 Å². The number of methoxy groups -OCH3 is 2. The van der Waals surface area contributed by atoms with Gasteiger partial charge in [0.05, 0.1) is 18.8 Å². The molecule has 8 nitrogen and oxygen atoms in total. The lowest BCUT2D eigenvalue weighted by Gasteiger charge is -2.41. The number of ether oxygens (including phenoxy) is 3. The summed E-state index contributed by atoms with van der Waals surface area (Å²) in [4.78, 5) is 27.9. The van der Waals surface area contributed by atoms with Crippen molar-refractivity contribution in [2.45, 2.75) is 12.0 Å². The van der Waals surface area contributed by atoms with E-state index in [2.05, 4.69) is 15.5 Å². The molecule has 2 aromatic carbocycles. The number of carbonyl (C=O) groups excluding carboxylic acids is 2. The minimum atomic E-state index is -1.70. The molecule has 2 amide bonds. The molecule has 1 atom stereocenters. The summed E-state index contributed by atoms with van der Waals surface area (Å²) >= 11 is 0. The van der Waals surface area contributed by atoms with Gasteiger partial charge in [-0.05, 0) is 24.3 Å². The Morgan fingerprint density at radius 3 is 2.28 bits per heavy atom. The molecule has 1 unspecified atom stereocenters. The number of hydrogen-bond acceptors (Lipinski definition) is 6. The largest absolute Gasteiger partial charge is 0.379 e. The van der Waals surface area contributed by atoms with Crippen LogP contribution in [0.5, 0.6) is 0 Å². The summed E-state index contributed by atoms with van der Waals surface area (Å²) in [5, 5.41) is 5.55. The van der Waals surface area contributed by atoms with Crippen molar-refractivity contribution in [3.8, 4) is 0 Å². The number of morpholine rings is 1. The molecule has 0 bridgehead atoms. The van der Waals surface area contributed by atoms with Gasteiger partial charge in [-0.15, -0.1) is 0 Å². The van der Waals surface area contributed by atoms with E-state index < -0.39 is 29.6 Å². The van der Waals surface area contributed by atoms with E-state index in [4.69, 9.17) is 14.2 Å². The molecule has 3 rings (SSSR count). The maximum Gasteiger partial charge on any atom is 0.273 e. The van der Waals surface area contributed by atoms with Gasteiger partial charge in [-0.3, -0.25) is 19.8 Å². The van der Waals surface area contributed by atoms with Crippen LogP contribution in [0.25, 0.3) is 0 Å². The molecule has 2 aromatic rings. The van der Waals surface area contributed by atoms with Crippen LogP contribution in [0.1, 0.15) is 20.7 Å². The van der Waals surface area contributed by atoms with Crippen molar-refractivity contribution in [1.29, 1.82) is 0 Å². The van der Waals surface area contributed by atoms with Crippen molar-refractivity contribution in [2.24, 2.45) is 0 Å². The Labute approximate surface area is 186 Å². The average Bonchev–Trinajstić information content (AvgIpc) is 2.83. The fraction of sp³-hybridized carbons (Fsp3) is 0.391. The third kappa shape index (κ3) is 5.68. The zero-order valence-corrected chi connectivity index (χ0v) is 18.2. The molecule has 0 radical (unpaired) electrons. The highest BCUT2D eigenvalue weighted by Gasteiger charge is 2.44. The molecule has 2 N–H and O–H groups in total. The van der Waals surface area contributed by atoms with Crippen LogP contribution in [-0.2, 0) is 14.2 Å². The Hall–Kier alpha value is -2.85. The molecule has 1 heterocycles. The molecular weight excluding hydrogens is 417 g/mol. The first-order valence-corrected chi connectivity index (χ1v) is 10.3. The van der Waals surface area contributed by atoms with Crippen molar-refractivity contribution < 1.29 is 28.2 Å². The molecule has 9 heteroatoms. The van der Waals surface area contributed by atoms with E-state index in [-0.39, 0.29) is 12.1 Å². The summed E-state index contributed by atoms with van der Waals surface area (Å²) in [5.41, 5.74) is 0.284. The standard InChI is InChI=1S/C23H28FN3O5/c1-30-23(31-2,26-21(28)17-8-4-3-5-9-17)20(16-27-12-14-32-15-13-27)25-22(29)18-10-6-7-11-19(18)24/h3-11,20H,12-16H2,1-2H3,(H,25,29)(H,26,28). The monoisotopic (exact) mass is 445 g/mol. The number of nitrogens with one attached hydrogen (secondary N) is 2. The van der Waals surface area contributed by atoms with Crippen molar-refractivity contribution in [3.05, 3.63) is 71.5 Å². The number of carbonyl (C=O) groups is 2. The molecule has 0 aromatic heterocycles. The first kappa shape index (κ1) is 23.8. The lowest BCUT2D eigenvalue weighted by molar-refractivity contribution is -0.239. The molecule has 0 aliphatic carbocycles. The second-order valence-electron chi connectivity index (χ2n) is 7.31. The lowest BCUT2D eigenvalue weighted by Crippen LogP contribution is -2.68. The predicted octanol–water partition coefficient (Wildman–Crippen LogP) is 1.63. The van der Waals surface area contributed by atoms with Crippen molar-refractivity contribution in [3.63, 3.8) is 0 Å². The number of amides is 2. The predicted molar refractivity (Wildman–Crippen MR) is 116 cm³/mol. The van der Waals surface area contributed by atoms with E-state index >= 15 is 0 Å². The van der Waals surface area contributed by atoms with Gasteiger partial charge in [0.2, 0.25) is 0 Å². The Morgan fingerprint density at radius 1 is 1.03 bits per heavy atom. The van der Waals surface area contributed by atoms with Crippen molar-refractivity contribution in [2.75, 3.05) is 47.1 Å². The van der Waals surface area contributed by atoms with Crippen molar-refractivity contribution >= 4 is 11.8 Å². The maximum absolute atomic E-state index is 14.2. The van der Waals surface area contributed by atoms with Gasteiger partial charge in [-0.25, -0.2) is 4.39 Å². The third-order valence-corrected chi connectivity index (χ3v) is 5.36. The Kier molecular flexibility index (Phi) is 8.29. The van der Waals surface area contributed by atoms with Gasteiger partial charge < -0.3 is 19.5 Å². The number of hydrogen-bond donors (Lipinski definition) is 2. The summed E-state index contributed by atoms with van der Waals surface area (Å²) in [7, 11) is 2.74. The summed E-state index contributed by atoms with van der Waals surface area (Å²) < 4.78 is 30.9. The van der Waals surface area contributed by atoms with Crippen molar-refractivity contribution in [1.82, 2.24) is 15.5 Å². The molecule has 1 fully saturated rings. The van der Waals surface area contributed by atoms with E-state index in [0.29, 0.717) is 31.9 Å². The van der Waals surface area contributed by atoms with Crippen LogP contribution in [0, 0.1) is 5.82 Å². The van der Waals surface area contributed by atoms with E-state index in [1.165, 1.54) is 32.4 Å². The number of rotatable bonds is 9. The fourth-order valence-electron chi connectivity index (χ4n) is 3.56. The highest BCUT2D eigenvalue weighted by molar-refractivity contribution is 5.95. The van der Waals surface area contributed by atoms with Crippen LogP contribution < -0.4 is 10.6 Å². The van der Waals surface area contributed by atoms with Crippen LogP contribution in [0.3, 0.4) is 0 Å². The van der Waals surface area contributed by atoms with Crippen LogP contribution >= 0.6 is 0 Å². The normalized spacial score (nSPS) is 15.7. The Bertz CT molecular complexity index is 902. The third-order valence-electron chi connectivity index (χ3n) is 5.36. The fourth-order valence-corrected chi connectivity index (χ4v) is 3.56. The number of benzene rings is 2.